The van der Waals surface area contributed by atoms with Crippen molar-refractivity contribution < 1.29 is 14.2 Å². The molecule has 1 heterocycles. The second kappa shape index (κ2) is 5.50. The smallest absolute Gasteiger partial charge is 0.119 e. The molecule has 1 saturated heterocycles. The van der Waals surface area contributed by atoms with Crippen LogP contribution in [0.4, 0.5) is 0 Å². The summed E-state index contributed by atoms with van der Waals surface area (Å²) in [5.74, 6) is 0.757. The fraction of sp³-hybridized carbons (Fsp3) is 0.417. The molecule has 1 aliphatic heterocycles. The summed E-state index contributed by atoms with van der Waals surface area (Å²) in [4.78, 5) is 0. The summed E-state index contributed by atoms with van der Waals surface area (Å²) in [6.45, 7) is 2.46. The lowest BCUT2D eigenvalue weighted by molar-refractivity contribution is -0.132. The van der Waals surface area contributed by atoms with Gasteiger partial charge in [0, 0.05) is 0 Å². The second-order valence-corrected chi connectivity index (χ2v) is 3.51. The molecule has 1 aromatic carbocycles. The number of hydrogen-bond donors (Lipinski definition) is 0. The lowest BCUT2D eigenvalue weighted by Gasteiger charge is -2.25. The van der Waals surface area contributed by atoms with E-state index in [1.165, 1.54) is 0 Å². The fourth-order valence-corrected chi connectivity index (χ4v) is 1.31. The Morgan fingerprint density at radius 2 is 2.00 bits per heavy atom. The van der Waals surface area contributed by atoms with Crippen LogP contribution < -0.4 is 4.74 Å². The number of rotatable bonds is 5. The van der Waals surface area contributed by atoms with Gasteiger partial charge in [0.15, 0.2) is 0 Å². The van der Waals surface area contributed by atoms with Gasteiger partial charge in [-0.15, -0.1) is 0 Å². The highest BCUT2D eigenvalue weighted by atomic mass is 16.6. The zero-order chi connectivity index (χ0) is 11.2. The lowest BCUT2D eigenvalue weighted by Crippen LogP contribution is -2.37. The van der Waals surface area contributed by atoms with Gasteiger partial charge in [0.1, 0.15) is 18.5 Å². The molecule has 0 atom stereocenters. The average molecular weight is 219 g/mol. The van der Waals surface area contributed by atoms with Gasteiger partial charge in [-0.1, -0.05) is 0 Å². The predicted molar refractivity (Wildman–Crippen MR) is 57.2 cm³/mol. The normalized spacial score (nSPS) is 15.2. The highest BCUT2D eigenvalue weighted by Crippen LogP contribution is 2.11. The van der Waals surface area contributed by atoms with Crippen LogP contribution in [0.15, 0.2) is 24.3 Å². The summed E-state index contributed by atoms with van der Waals surface area (Å²) >= 11 is 0. The summed E-state index contributed by atoms with van der Waals surface area (Å²) < 4.78 is 15.9. The van der Waals surface area contributed by atoms with Crippen LogP contribution in [0.5, 0.6) is 5.75 Å². The highest BCUT2D eigenvalue weighted by Gasteiger charge is 2.18. The fourth-order valence-electron chi connectivity index (χ4n) is 1.31. The molecule has 1 aromatic rings. The molecule has 0 bridgehead atoms. The van der Waals surface area contributed by atoms with E-state index in [2.05, 4.69) is 6.07 Å². The lowest BCUT2D eigenvalue weighted by atomic mass is 10.2. The van der Waals surface area contributed by atoms with E-state index in [0.717, 1.165) is 5.75 Å². The summed E-state index contributed by atoms with van der Waals surface area (Å²) in [5, 5.41) is 8.61. The average Bonchev–Trinajstić information content (AvgIpc) is 2.27. The van der Waals surface area contributed by atoms with Gasteiger partial charge < -0.3 is 14.2 Å². The molecule has 1 fully saturated rings. The summed E-state index contributed by atoms with van der Waals surface area (Å²) in [5.41, 5.74) is 0.634. The third-order valence-corrected chi connectivity index (χ3v) is 2.30. The van der Waals surface area contributed by atoms with E-state index < -0.39 is 0 Å². The third-order valence-electron chi connectivity index (χ3n) is 2.30. The molecule has 0 spiro atoms. The quantitative estimate of drug-likeness (QED) is 0.701. The van der Waals surface area contributed by atoms with E-state index in [-0.39, 0.29) is 6.10 Å². The van der Waals surface area contributed by atoms with Gasteiger partial charge in [0.2, 0.25) is 0 Å². The standard InChI is InChI=1S/C12H13NO3/c13-7-10-1-3-11(4-2-10)15-5-6-16-12-8-14-9-12/h1-4,12H,5-6,8-9H2. The minimum absolute atomic E-state index is 0.240. The molecule has 0 aromatic heterocycles. The van der Waals surface area contributed by atoms with Crippen molar-refractivity contribution in [2.75, 3.05) is 26.4 Å². The maximum absolute atomic E-state index is 8.61. The highest BCUT2D eigenvalue weighted by molar-refractivity contribution is 5.34. The molecule has 0 saturated carbocycles. The van der Waals surface area contributed by atoms with Crippen LogP contribution >= 0.6 is 0 Å². The molecule has 4 heteroatoms. The Kier molecular flexibility index (Phi) is 3.76. The van der Waals surface area contributed by atoms with E-state index in [9.17, 15) is 0 Å². The molecular formula is C12H13NO3. The molecule has 16 heavy (non-hydrogen) atoms. The summed E-state index contributed by atoms with van der Waals surface area (Å²) in [6, 6.07) is 9.09. The first-order valence-corrected chi connectivity index (χ1v) is 5.21. The minimum atomic E-state index is 0.240. The van der Waals surface area contributed by atoms with E-state index in [0.29, 0.717) is 32.0 Å². The Bertz CT molecular complexity index is 365. The molecule has 0 N–H and O–H groups in total. The topological polar surface area (TPSA) is 51.5 Å². The molecule has 4 nitrogen and oxygen atoms in total. The number of nitriles is 1. The third kappa shape index (κ3) is 2.96. The van der Waals surface area contributed by atoms with Gasteiger partial charge in [0.25, 0.3) is 0 Å². The molecule has 0 amide bonds. The van der Waals surface area contributed by atoms with Crippen molar-refractivity contribution in [3.8, 4) is 11.8 Å². The Balaban J connectivity index is 1.66. The van der Waals surface area contributed by atoms with Gasteiger partial charge in [0.05, 0.1) is 31.5 Å². The first-order valence-electron chi connectivity index (χ1n) is 5.21. The van der Waals surface area contributed by atoms with Crippen LogP contribution in [-0.2, 0) is 9.47 Å². The van der Waals surface area contributed by atoms with E-state index in [4.69, 9.17) is 19.5 Å². The van der Waals surface area contributed by atoms with Crippen LogP contribution in [0, 0.1) is 11.3 Å². The SMILES string of the molecule is N#Cc1ccc(OCCOC2COC2)cc1. The van der Waals surface area contributed by atoms with Gasteiger partial charge in [-0.3, -0.25) is 0 Å². The van der Waals surface area contributed by atoms with Crippen LogP contribution in [0.25, 0.3) is 0 Å². The van der Waals surface area contributed by atoms with Crippen LogP contribution in [0.3, 0.4) is 0 Å². The van der Waals surface area contributed by atoms with Gasteiger partial charge in [-0.25, -0.2) is 0 Å². The molecule has 0 unspecified atom stereocenters. The molecule has 2 rings (SSSR count). The van der Waals surface area contributed by atoms with Crippen molar-refractivity contribution in [2.24, 2.45) is 0 Å². The Morgan fingerprint density at radius 1 is 1.25 bits per heavy atom. The Labute approximate surface area is 94.3 Å². The van der Waals surface area contributed by atoms with Crippen LogP contribution in [-0.4, -0.2) is 32.5 Å². The van der Waals surface area contributed by atoms with Crippen molar-refractivity contribution in [3.63, 3.8) is 0 Å². The largest absolute Gasteiger partial charge is 0.491 e. The van der Waals surface area contributed by atoms with Crippen molar-refractivity contribution in [1.82, 2.24) is 0 Å². The Hall–Kier alpha value is -1.57. The van der Waals surface area contributed by atoms with Crippen molar-refractivity contribution in [1.29, 1.82) is 5.26 Å². The number of hydrogen-bond acceptors (Lipinski definition) is 4. The van der Waals surface area contributed by atoms with Gasteiger partial charge in [-0.2, -0.15) is 5.26 Å². The second-order valence-electron chi connectivity index (χ2n) is 3.51. The van der Waals surface area contributed by atoms with Crippen molar-refractivity contribution >= 4 is 0 Å². The minimum Gasteiger partial charge on any atom is -0.491 e. The zero-order valence-corrected chi connectivity index (χ0v) is 8.89. The molecule has 0 radical (unpaired) electrons. The van der Waals surface area contributed by atoms with Crippen LogP contribution in [0.2, 0.25) is 0 Å². The zero-order valence-electron chi connectivity index (χ0n) is 8.89. The summed E-state index contributed by atoms with van der Waals surface area (Å²) in [7, 11) is 0. The molecular weight excluding hydrogens is 206 g/mol. The monoisotopic (exact) mass is 219 g/mol. The van der Waals surface area contributed by atoms with E-state index >= 15 is 0 Å². The van der Waals surface area contributed by atoms with Crippen LogP contribution in [0.1, 0.15) is 5.56 Å². The van der Waals surface area contributed by atoms with Gasteiger partial charge in [-0.05, 0) is 24.3 Å². The van der Waals surface area contributed by atoms with Crippen molar-refractivity contribution in [2.45, 2.75) is 6.10 Å². The maximum Gasteiger partial charge on any atom is 0.119 e. The number of ether oxygens (including phenoxy) is 3. The van der Waals surface area contributed by atoms with E-state index in [1.54, 1.807) is 24.3 Å². The number of benzene rings is 1. The predicted octanol–water partition coefficient (Wildman–Crippen LogP) is 1.35. The Morgan fingerprint density at radius 3 is 2.56 bits per heavy atom. The number of nitrogens with zero attached hydrogens (tertiary/aromatic N) is 1. The molecule has 0 aliphatic carbocycles. The van der Waals surface area contributed by atoms with E-state index in [1.807, 2.05) is 0 Å². The van der Waals surface area contributed by atoms with Gasteiger partial charge >= 0.3 is 0 Å². The first-order chi connectivity index (χ1) is 7.88. The molecule has 84 valence electrons. The van der Waals surface area contributed by atoms with Crippen molar-refractivity contribution in [3.05, 3.63) is 29.8 Å². The molecule has 1 aliphatic rings. The maximum atomic E-state index is 8.61. The first kappa shape index (κ1) is 10.9. The summed E-state index contributed by atoms with van der Waals surface area (Å²) in [6.07, 6.45) is 0.240.